The van der Waals surface area contributed by atoms with Crippen LogP contribution in [0, 0.1) is 0 Å². The third-order valence-electron chi connectivity index (χ3n) is 3.08. The molecule has 0 bridgehead atoms. The number of carbonyl (C=O) groups is 1. The summed E-state index contributed by atoms with van der Waals surface area (Å²) in [5, 5.41) is 2.90. The number of ether oxygens (including phenoxy) is 1. The molecule has 0 aliphatic rings. The van der Waals surface area contributed by atoms with Gasteiger partial charge in [-0.2, -0.15) is 11.8 Å². The summed E-state index contributed by atoms with van der Waals surface area (Å²) in [7, 11) is 0. The standard InChI is InChI=1S/C18H21NO2S/c1-15(21-17-10-6-3-7-11-17)18(20)19-12-13-22-14-16-8-4-2-5-9-16/h2-11,15H,12-14H2,1H3,(H,19,20). The fraction of sp³-hybridized carbons (Fsp3) is 0.278. The van der Waals surface area contributed by atoms with Crippen molar-refractivity contribution >= 4 is 17.7 Å². The van der Waals surface area contributed by atoms with Gasteiger partial charge in [0.25, 0.3) is 5.91 Å². The number of hydrogen-bond acceptors (Lipinski definition) is 3. The Labute approximate surface area is 136 Å². The van der Waals surface area contributed by atoms with Gasteiger partial charge in [-0.15, -0.1) is 0 Å². The first kappa shape index (κ1) is 16.4. The highest BCUT2D eigenvalue weighted by molar-refractivity contribution is 7.98. The summed E-state index contributed by atoms with van der Waals surface area (Å²) < 4.78 is 5.58. The summed E-state index contributed by atoms with van der Waals surface area (Å²) in [5.74, 6) is 2.48. The Morgan fingerprint density at radius 1 is 1.09 bits per heavy atom. The SMILES string of the molecule is CC(Oc1ccccc1)C(=O)NCCSCc1ccccc1. The molecule has 2 aromatic rings. The van der Waals surface area contributed by atoms with E-state index in [0.29, 0.717) is 12.3 Å². The van der Waals surface area contributed by atoms with Crippen molar-refractivity contribution in [1.29, 1.82) is 0 Å². The van der Waals surface area contributed by atoms with Crippen LogP contribution in [0.2, 0.25) is 0 Å². The highest BCUT2D eigenvalue weighted by atomic mass is 32.2. The Morgan fingerprint density at radius 2 is 1.73 bits per heavy atom. The minimum atomic E-state index is -0.485. The lowest BCUT2D eigenvalue weighted by Crippen LogP contribution is -2.37. The van der Waals surface area contributed by atoms with E-state index in [2.05, 4.69) is 17.4 Å². The van der Waals surface area contributed by atoms with Gasteiger partial charge in [-0.05, 0) is 24.6 Å². The van der Waals surface area contributed by atoms with E-state index in [4.69, 9.17) is 4.74 Å². The number of benzene rings is 2. The lowest BCUT2D eigenvalue weighted by molar-refractivity contribution is -0.127. The molecular weight excluding hydrogens is 294 g/mol. The summed E-state index contributed by atoms with van der Waals surface area (Å²) in [6, 6.07) is 19.7. The van der Waals surface area contributed by atoms with Crippen molar-refractivity contribution in [3.8, 4) is 5.75 Å². The van der Waals surface area contributed by atoms with E-state index in [0.717, 1.165) is 11.5 Å². The van der Waals surface area contributed by atoms with Gasteiger partial charge in [-0.25, -0.2) is 0 Å². The van der Waals surface area contributed by atoms with Gasteiger partial charge in [-0.3, -0.25) is 4.79 Å². The van der Waals surface area contributed by atoms with Crippen molar-refractivity contribution in [1.82, 2.24) is 5.32 Å². The van der Waals surface area contributed by atoms with Crippen molar-refractivity contribution in [2.45, 2.75) is 18.8 Å². The molecule has 0 aliphatic heterocycles. The predicted octanol–water partition coefficient (Wildman–Crippen LogP) is 3.50. The smallest absolute Gasteiger partial charge is 0.260 e. The molecule has 0 saturated carbocycles. The zero-order valence-corrected chi connectivity index (χ0v) is 13.5. The number of carbonyl (C=O) groups excluding carboxylic acids is 1. The molecule has 1 atom stereocenters. The molecule has 0 aromatic heterocycles. The highest BCUT2D eigenvalue weighted by Gasteiger charge is 2.13. The second-order valence-corrected chi connectivity index (χ2v) is 6.01. The van der Waals surface area contributed by atoms with Crippen molar-refractivity contribution in [3.05, 3.63) is 66.2 Å². The Balaban J connectivity index is 1.61. The molecule has 3 nitrogen and oxygen atoms in total. The predicted molar refractivity (Wildman–Crippen MR) is 92.1 cm³/mol. The second kappa shape index (κ2) is 9.15. The Hall–Kier alpha value is -1.94. The zero-order chi connectivity index (χ0) is 15.6. The van der Waals surface area contributed by atoms with Crippen molar-refractivity contribution in [3.63, 3.8) is 0 Å². The summed E-state index contributed by atoms with van der Waals surface area (Å²) in [6.45, 7) is 2.41. The van der Waals surface area contributed by atoms with Crippen LogP contribution in [0.4, 0.5) is 0 Å². The molecule has 0 heterocycles. The number of nitrogens with one attached hydrogen (secondary N) is 1. The molecule has 0 aliphatic carbocycles. The molecule has 2 aromatic carbocycles. The maximum atomic E-state index is 11.9. The van der Waals surface area contributed by atoms with Crippen LogP contribution >= 0.6 is 11.8 Å². The minimum absolute atomic E-state index is 0.0795. The van der Waals surface area contributed by atoms with Gasteiger partial charge in [0.2, 0.25) is 0 Å². The lowest BCUT2D eigenvalue weighted by atomic mass is 10.2. The molecular formula is C18H21NO2S. The fourth-order valence-electron chi connectivity index (χ4n) is 1.91. The summed E-state index contributed by atoms with van der Waals surface area (Å²) in [6.07, 6.45) is -0.485. The monoisotopic (exact) mass is 315 g/mol. The normalized spacial score (nSPS) is 11.7. The van der Waals surface area contributed by atoms with E-state index >= 15 is 0 Å². The van der Waals surface area contributed by atoms with Crippen molar-refractivity contribution in [2.75, 3.05) is 12.3 Å². The average Bonchev–Trinajstić information content (AvgIpc) is 2.56. The fourth-order valence-corrected chi connectivity index (χ4v) is 2.73. The molecule has 0 saturated heterocycles. The third kappa shape index (κ3) is 5.82. The van der Waals surface area contributed by atoms with Gasteiger partial charge in [0.05, 0.1) is 0 Å². The molecule has 0 fully saturated rings. The largest absolute Gasteiger partial charge is 0.481 e. The maximum absolute atomic E-state index is 11.9. The summed E-state index contributed by atoms with van der Waals surface area (Å²) in [4.78, 5) is 11.9. The molecule has 2 rings (SSSR count). The Morgan fingerprint density at radius 3 is 2.41 bits per heavy atom. The average molecular weight is 315 g/mol. The first-order chi connectivity index (χ1) is 10.8. The van der Waals surface area contributed by atoms with E-state index in [9.17, 15) is 4.79 Å². The molecule has 0 radical (unpaired) electrons. The van der Waals surface area contributed by atoms with Crippen LogP contribution in [0.25, 0.3) is 0 Å². The second-order valence-electron chi connectivity index (χ2n) is 4.90. The van der Waals surface area contributed by atoms with Crippen LogP contribution in [0.15, 0.2) is 60.7 Å². The van der Waals surface area contributed by atoms with E-state index in [1.807, 2.05) is 60.3 Å². The van der Waals surface area contributed by atoms with Crippen LogP contribution in [0.3, 0.4) is 0 Å². The number of amides is 1. The number of hydrogen-bond donors (Lipinski definition) is 1. The number of para-hydroxylation sites is 1. The molecule has 1 N–H and O–H groups in total. The molecule has 0 spiro atoms. The quantitative estimate of drug-likeness (QED) is 0.758. The molecule has 116 valence electrons. The van der Waals surface area contributed by atoms with Crippen LogP contribution in [-0.2, 0) is 10.5 Å². The first-order valence-corrected chi connectivity index (χ1v) is 8.52. The lowest BCUT2D eigenvalue weighted by Gasteiger charge is -2.14. The number of thioether (sulfide) groups is 1. The van der Waals surface area contributed by atoms with Crippen molar-refractivity contribution < 1.29 is 9.53 Å². The van der Waals surface area contributed by atoms with E-state index in [-0.39, 0.29) is 5.91 Å². The molecule has 4 heteroatoms. The van der Waals surface area contributed by atoms with E-state index < -0.39 is 6.10 Å². The zero-order valence-electron chi connectivity index (χ0n) is 12.7. The topological polar surface area (TPSA) is 38.3 Å². The van der Waals surface area contributed by atoms with Gasteiger partial charge in [-0.1, -0.05) is 48.5 Å². The Kier molecular flexibility index (Phi) is 6.84. The van der Waals surface area contributed by atoms with Gasteiger partial charge in [0, 0.05) is 18.1 Å². The third-order valence-corrected chi connectivity index (χ3v) is 4.11. The van der Waals surface area contributed by atoms with Gasteiger partial charge < -0.3 is 10.1 Å². The van der Waals surface area contributed by atoms with Crippen molar-refractivity contribution in [2.24, 2.45) is 0 Å². The van der Waals surface area contributed by atoms with Crippen LogP contribution < -0.4 is 10.1 Å². The number of rotatable bonds is 8. The van der Waals surface area contributed by atoms with Crippen LogP contribution in [0.1, 0.15) is 12.5 Å². The summed E-state index contributed by atoms with van der Waals surface area (Å²) in [5.41, 5.74) is 1.31. The minimum Gasteiger partial charge on any atom is -0.481 e. The van der Waals surface area contributed by atoms with Gasteiger partial charge in [0.1, 0.15) is 5.75 Å². The molecule has 22 heavy (non-hydrogen) atoms. The van der Waals surface area contributed by atoms with Crippen LogP contribution in [-0.4, -0.2) is 24.3 Å². The van der Waals surface area contributed by atoms with Gasteiger partial charge in [0.15, 0.2) is 6.10 Å². The van der Waals surface area contributed by atoms with Crippen LogP contribution in [0.5, 0.6) is 5.75 Å². The molecule has 1 unspecified atom stereocenters. The highest BCUT2D eigenvalue weighted by Crippen LogP contribution is 2.12. The summed E-state index contributed by atoms with van der Waals surface area (Å²) >= 11 is 1.81. The van der Waals surface area contributed by atoms with E-state index in [1.165, 1.54) is 5.56 Å². The van der Waals surface area contributed by atoms with E-state index in [1.54, 1.807) is 6.92 Å². The first-order valence-electron chi connectivity index (χ1n) is 7.37. The maximum Gasteiger partial charge on any atom is 0.260 e. The Bertz CT molecular complexity index is 560. The molecule has 1 amide bonds. The van der Waals surface area contributed by atoms with Gasteiger partial charge >= 0.3 is 0 Å².